The molecule has 0 radical (unpaired) electrons. The SMILES string of the molecule is CCNC(=NCc1cccs1)NCC(C)CN1CCCC1. The van der Waals surface area contributed by atoms with Gasteiger partial charge in [0.1, 0.15) is 0 Å². The fraction of sp³-hybridized carbons (Fsp3) is 0.688. The molecule has 1 aliphatic heterocycles. The minimum atomic E-state index is 0.647. The Labute approximate surface area is 132 Å². The molecule has 4 nitrogen and oxygen atoms in total. The van der Waals surface area contributed by atoms with E-state index in [2.05, 4.69) is 51.9 Å². The highest BCUT2D eigenvalue weighted by Gasteiger charge is 2.14. The van der Waals surface area contributed by atoms with Crippen LogP contribution < -0.4 is 10.6 Å². The molecular weight excluding hydrogens is 280 g/mol. The smallest absolute Gasteiger partial charge is 0.191 e. The summed E-state index contributed by atoms with van der Waals surface area (Å²) in [6, 6.07) is 4.21. The van der Waals surface area contributed by atoms with E-state index in [-0.39, 0.29) is 0 Å². The number of hydrogen-bond acceptors (Lipinski definition) is 3. The Balaban J connectivity index is 1.74. The van der Waals surface area contributed by atoms with Gasteiger partial charge in [0.15, 0.2) is 5.96 Å². The van der Waals surface area contributed by atoms with Crippen molar-refractivity contribution in [3.05, 3.63) is 22.4 Å². The van der Waals surface area contributed by atoms with Crippen molar-refractivity contribution in [2.24, 2.45) is 10.9 Å². The lowest BCUT2D eigenvalue weighted by Gasteiger charge is -2.21. The zero-order valence-corrected chi connectivity index (χ0v) is 14.1. The van der Waals surface area contributed by atoms with E-state index in [1.807, 2.05) is 0 Å². The summed E-state index contributed by atoms with van der Waals surface area (Å²) in [7, 11) is 0. The zero-order chi connectivity index (χ0) is 14.9. The molecule has 2 heterocycles. The Kier molecular flexibility index (Phi) is 7.03. The summed E-state index contributed by atoms with van der Waals surface area (Å²) in [4.78, 5) is 8.53. The summed E-state index contributed by atoms with van der Waals surface area (Å²) in [6.07, 6.45) is 2.73. The highest BCUT2D eigenvalue weighted by molar-refractivity contribution is 7.09. The first-order valence-corrected chi connectivity index (χ1v) is 8.92. The molecule has 0 saturated carbocycles. The predicted molar refractivity (Wildman–Crippen MR) is 92.0 cm³/mol. The number of aliphatic imine (C=N–C) groups is 1. The van der Waals surface area contributed by atoms with E-state index in [1.54, 1.807) is 11.3 Å². The number of rotatable bonds is 7. The second-order valence-electron chi connectivity index (χ2n) is 5.77. The maximum atomic E-state index is 4.65. The van der Waals surface area contributed by atoms with Gasteiger partial charge in [0.05, 0.1) is 6.54 Å². The van der Waals surface area contributed by atoms with E-state index in [0.29, 0.717) is 5.92 Å². The van der Waals surface area contributed by atoms with Crippen molar-refractivity contribution in [1.29, 1.82) is 0 Å². The van der Waals surface area contributed by atoms with Gasteiger partial charge in [0.25, 0.3) is 0 Å². The molecule has 1 unspecified atom stereocenters. The number of likely N-dealkylation sites (tertiary alicyclic amines) is 1. The van der Waals surface area contributed by atoms with E-state index < -0.39 is 0 Å². The van der Waals surface area contributed by atoms with Crippen LogP contribution in [0, 0.1) is 5.92 Å². The Morgan fingerprint density at radius 3 is 2.86 bits per heavy atom. The molecule has 1 atom stereocenters. The Morgan fingerprint density at radius 1 is 1.38 bits per heavy atom. The minimum absolute atomic E-state index is 0.647. The second-order valence-corrected chi connectivity index (χ2v) is 6.80. The zero-order valence-electron chi connectivity index (χ0n) is 13.3. The van der Waals surface area contributed by atoms with Crippen molar-refractivity contribution >= 4 is 17.3 Å². The lowest BCUT2D eigenvalue weighted by atomic mass is 10.1. The van der Waals surface area contributed by atoms with Crippen molar-refractivity contribution in [3.63, 3.8) is 0 Å². The van der Waals surface area contributed by atoms with E-state index in [9.17, 15) is 0 Å². The molecule has 1 aliphatic rings. The average molecular weight is 308 g/mol. The summed E-state index contributed by atoms with van der Waals surface area (Å²) < 4.78 is 0. The van der Waals surface area contributed by atoms with Crippen molar-refractivity contribution in [3.8, 4) is 0 Å². The van der Waals surface area contributed by atoms with E-state index in [0.717, 1.165) is 25.6 Å². The first-order chi connectivity index (χ1) is 10.3. The lowest BCUT2D eigenvalue weighted by Crippen LogP contribution is -2.41. The second kappa shape index (κ2) is 9.05. The fourth-order valence-corrected chi connectivity index (χ4v) is 3.27. The van der Waals surface area contributed by atoms with Crippen LogP contribution in [0.5, 0.6) is 0 Å². The molecule has 1 fully saturated rings. The molecule has 1 aromatic rings. The molecular formula is C16H28N4S. The molecule has 118 valence electrons. The van der Waals surface area contributed by atoms with Gasteiger partial charge in [0.2, 0.25) is 0 Å². The average Bonchev–Trinajstić information content (AvgIpc) is 3.15. The third-order valence-corrected chi connectivity index (χ3v) is 4.57. The molecule has 1 aromatic heterocycles. The highest BCUT2D eigenvalue weighted by Crippen LogP contribution is 2.10. The molecule has 0 aromatic carbocycles. The van der Waals surface area contributed by atoms with Crippen LogP contribution in [0.25, 0.3) is 0 Å². The van der Waals surface area contributed by atoms with E-state index in [1.165, 1.54) is 37.4 Å². The van der Waals surface area contributed by atoms with E-state index >= 15 is 0 Å². The molecule has 0 aliphatic carbocycles. The van der Waals surface area contributed by atoms with Crippen molar-refractivity contribution in [1.82, 2.24) is 15.5 Å². The van der Waals surface area contributed by atoms with Gasteiger partial charge < -0.3 is 15.5 Å². The standard InChI is InChI=1S/C16H28N4S/c1-3-17-16(19-12-15-7-6-10-21-15)18-11-14(2)13-20-8-4-5-9-20/h6-7,10,14H,3-5,8-9,11-13H2,1-2H3,(H2,17,18,19). The van der Waals surface area contributed by atoms with Gasteiger partial charge in [-0.3, -0.25) is 0 Å². The largest absolute Gasteiger partial charge is 0.357 e. The summed E-state index contributed by atoms with van der Waals surface area (Å²) in [5.41, 5.74) is 0. The van der Waals surface area contributed by atoms with Crippen LogP contribution >= 0.6 is 11.3 Å². The number of thiophene rings is 1. The quantitative estimate of drug-likeness (QED) is 0.601. The number of guanidine groups is 1. The summed E-state index contributed by atoms with van der Waals surface area (Å²) in [5.74, 6) is 1.58. The first-order valence-electron chi connectivity index (χ1n) is 8.05. The van der Waals surface area contributed by atoms with Crippen LogP contribution in [0.2, 0.25) is 0 Å². The predicted octanol–water partition coefficient (Wildman–Crippen LogP) is 2.54. The van der Waals surface area contributed by atoms with Crippen LogP contribution in [0.3, 0.4) is 0 Å². The number of nitrogens with zero attached hydrogens (tertiary/aromatic N) is 2. The molecule has 2 N–H and O–H groups in total. The first kappa shape index (κ1) is 16.3. The third kappa shape index (κ3) is 6.06. The fourth-order valence-electron chi connectivity index (χ4n) is 2.64. The van der Waals surface area contributed by atoms with Gasteiger partial charge in [-0.05, 0) is 50.2 Å². The van der Waals surface area contributed by atoms with Crippen molar-refractivity contribution in [2.45, 2.75) is 33.2 Å². The molecule has 21 heavy (non-hydrogen) atoms. The van der Waals surface area contributed by atoms with Gasteiger partial charge in [-0.25, -0.2) is 4.99 Å². The molecule has 0 amide bonds. The summed E-state index contributed by atoms with van der Waals surface area (Å²) in [5, 5.41) is 8.90. The monoisotopic (exact) mass is 308 g/mol. The molecule has 1 saturated heterocycles. The minimum Gasteiger partial charge on any atom is -0.357 e. The van der Waals surface area contributed by atoms with Gasteiger partial charge >= 0.3 is 0 Å². The third-order valence-electron chi connectivity index (χ3n) is 3.70. The van der Waals surface area contributed by atoms with Gasteiger partial charge in [0, 0.05) is 24.5 Å². The highest BCUT2D eigenvalue weighted by atomic mass is 32.1. The van der Waals surface area contributed by atoms with E-state index in [4.69, 9.17) is 0 Å². The Morgan fingerprint density at radius 2 is 2.19 bits per heavy atom. The molecule has 5 heteroatoms. The molecule has 0 spiro atoms. The number of hydrogen-bond donors (Lipinski definition) is 2. The molecule has 2 rings (SSSR count). The van der Waals surface area contributed by atoms with Crippen LogP contribution in [-0.2, 0) is 6.54 Å². The Bertz CT molecular complexity index is 410. The van der Waals surface area contributed by atoms with Crippen molar-refractivity contribution < 1.29 is 0 Å². The Hall–Kier alpha value is -1.07. The van der Waals surface area contributed by atoms with Crippen molar-refractivity contribution in [2.75, 3.05) is 32.7 Å². The normalized spacial score (nSPS) is 17.9. The van der Waals surface area contributed by atoms with Gasteiger partial charge in [-0.15, -0.1) is 11.3 Å². The van der Waals surface area contributed by atoms with Crippen LogP contribution in [-0.4, -0.2) is 43.6 Å². The summed E-state index contributed by atoms with van der Waals surface area (Å²) in [6.45, 7) is 10.8. The van der Waals surface area contributed by atoms with Crippen LogP contribution in [0.1, 0.15) is 31.6 Å². The summed E-state index contributed by atoms with van der Waals surface area (Å²) >= 11 is 1.76. The lowest BCUT2D eigenvalue weighted by molar-refractivity contribution is 0.287. The molecule has 0 bridgehead atoms. The number of nitrogens with one attached hydrogen (secondary N) is 2. The van der Waals surface area contributed by atoms with Gasteiger partial charge in [-0.2, -0.15) is 0 Å². The topological polar surface area (TPSA) is 39.7 Å². The van der Waals surface area contributed by atoms with Crippen LogP contribution in [0.4, 0.5) is 0 Å². The maximum Gasteiger partial charge on any atom is 0.191 e. The van der Waals surface area contributed by atoms with Gasteiger partial charge in [-0.1, -0.05) is 13.0 Å². The maximum absolute atomic E-state index is 4.65. The van der Waals surface area contributed by atoms with Crippen LogP contribution in [0.15, 0.2) is 22.5 Å².